The molecule has 1 aliphatic rings. The summed E-state index contributed by atoms with van der Waals surface area (Å²) in [5, 5.41) is 15.8. The van der Waals surface area contributed by atoms with E-state index in [0.717, 1.165) is 24.2 Å². The lowest BCUT2D eigenvalue weighted by atomic mass is 10.2. The standard InChI is InChI=1S/C19H20N6O/c26-18(14-25-22-19(21-23-25)15-7-3-1-4-8-15)24-12-11-17(13-24)20-16-9-5-2-6-10-16/h1-10,17,20H,11-14H2/t17-/m1/s1. The van der Waals surface area contributed by atoms with Crippen molar-refractivity contribution in [2.75, 3.05) is 18.4 Å². The Bertz CT molecular complexity index is 864. The molecule has 3 aromatic rings. The first kappa shape index (κ1) is 16.3. The van der Waals surface area contributed by atoms with E-state index in [9.17, 15) is 4.79 Å². The summed E-state index contributed by atoms with van der Waals surface area (Å²) in [5.74, 6) is 0.544. The Morgan fingerprint density at radius 1 is 1.08 bits per heavy atom. The lowest BCUT2D eigenvalue weighted by Crippen LogP contribution is -2.34. The number of amides is 1. The zero-order valence-corrected chi connectivity index (χ0v) is 14.3. The quantitative estimate of drug-likeness (QED) is 0.764. The van der Waals surface area contributed by atoms with Crippen molar-refractivity contribution < 1.29 is 4.79 Å². The molecule has 1 fully saturated rings. The fourth-order valence-electron chi connectivity index (χ4n) is 3.11. The van der Waals surface area contributed by atoms with Crippen LogP contribution in [0.2, 0.25) is 0 Å². The number of anilines is 1. The molecular formula is C19H20N6O. The highest BCUT2D eigenvalue weighted by Crippen LogP contribution is 2.16. The molecule has 1 aliphatic heterocycles. The van der Waals surface area contributed by atoms with Crippen molar-refractivity contribution in [3.63, 3.8) is 0 Å². The van der Waals surface area contributed by atoms with Crippen molar-refractivity contribution in [2.45, 2.75) is 19.0 Å². The Kier molecular flexibility index (Phi) is 4.59. The van der Waals surface area contributed by atoms with Gasteiger partial charge in [0.2, 0.25) is 11.7 Å². The van der Waals surface area contributed by atoms with Crippen LogP contribution in [0.4, 0.5) is 5.69 Å². The van der Waals surface area contributed by atoms with Crippen molar-refractivity contribution in [1.82, 2.24) is 25.1 Å². The highest BCUT2D eigenvalue weighted by Gasteiger charge is 2.26. The summed E-state index contributed by atoms with van der Waals surface area (Å²) in [7, 11) is 0. The molecule has 2 heterocycles. The van der Waals surface area contributed by atoms with Crippen LogP contribution in [0, 0.1) is 0 Å². The van der Waals surface area contributed by atoms with E-state index in [2.05, 4.69) is 20.7 Å². The number of carbonyl (C=O) groups is 1. The van der Waals surface area contributed by atoms with Crippen molar-refractivity contribution in [3.8, 4) is 11.4 Å². The first-order chi connectivity index (χ1) is 12.8. The van der Waals surface area contributed by atoms with Gasteiger partial charge >= 0.3 is 0 Å². The van der Waals surface area contributed by atoms with Crippen LogP contribution in [-0.2, 0) is 11.3 Å². The molecule has 7 heteroatoms. The Balaban J connectivity index is 1.34. The maximum Gasteiger partial charge on any atom is 0.246 e. The fourth-order valence-corrected chi connectivity index (χ4v) is 3.11. The maximum absolute atomic E-state index is 12.5. The molecule has 132 valence electrons. The van der Waals surface area contributed by atoms with Crippen LogP contribution in [0.15, 0.2) is 60.7 Å². The van der Waals surface area contributed by atoms with Crippen molar-refractivity contribution in [1.29, 1.82) is 0 Å². The van der Waals surface area contributed by atoms with Crippen LogP contribution in [-0.4, -0.2) is 50.1 Å². The highest BCUT2D eigenvalue weighted by atomic mass is 16.2. The van der Waals surface area contributed by atoms with Gasteiger partial charge in [0, 0.05) is 30.4 Å². The van der Waals surface area contributed by atoms with Gasteiger partial charge < -0.3 is 10.2 Å². The van der Waals surface area contributed by atoms with E-state index in [1.54, 1.807) is 0 Å². The van der Waals surface area contributed by atoms with E-state index in [4.69, 9.17) is 0 Å². The van der Waals surface area contributed by atoms with Crippen LogP contribution < -0.4 is 5.32 Å². The molecule has 0 bridgehead atoms. The topological polar surface area (TPSA) is 75.9 Å². The molecule has 1 saturated heterocycles. The number of carbonyl (C=O) groups excluding carboxylic acids is 1. The molecule has 0 saturated carbocycles. The molecule has 7 nitrogen and oxygen atoms in total. The average Bonchev–Trinajstić information content (AvgIpc) is 3.33. The van der Waals surface area contributed by atoms with Gasteiger partial charge in [-0.1, -0.05) is 48.5 Å². The minimum atomic E-state index is 0.0133. The lowest BCUT2D eigenvalue weighted by molar-refractivity contribution is -0.131. The van der Waals surface area contributed by atoms with E-state index in [-0.39, 0.29) is 18.5 Å². The van der Waals surface area contributed by atoms with Gasteiger partial charge in [-0.2, -0.15) is 4.80 Å². The second-order valence-corrected chi connectivity index (χ2v) is 6.35. The number of hydrogen-bond acceptors (Lipinski definition) is 5. The molecule has 2 aromatic carbocycles. The van der Waals surface area contributed by atoms with Crippen molar-refractivity contribution in [3.05, 3.63) is 60.7 Å². The van der Waals surface area contributed by atoms with Gasteiger partial charge in [0.05, 0.1) is 0 Å². The number of hydrogen-bond donors (Lipinski definition) is 1. The molecule has 1 atom stereocenters. The molecule has 0 unspecified atom stereocenters. The van der Waals surface area contributed by atoms with E-state index in [1.807, 2.05) is 65.6 Å². The van der Waals surface area contributed by atoms with Crippen molar-refractivity contribution in [2.24, 2.45) is 0 Å². The van der Waals surface area contributed by atoms with Gasteiger partial charge in [-0.3, -0.25) is 4.79 Å². The largest absolute Gasteiger partial charge is 0.380 e. The number of nitrogens with one attached hydrogen (secondary N) is 1. The summed E-state index contributed by atoms with van der Waals surface area (Å²) in [4.78, 5) is 15.7. The zero-order valence-electron chi connectivity index (χ0n) is 14.3. The van der Waals surface area contributed by atoms with Crippen LogP contribution in [0.3, 0.4) is 0 Å². The second-order valence-electron chi connectivity index (χ2n) is 6.35. The molecular weight excluding hydrogens is 328 g/mol. The first-order valence-corrected chi connectivity index (χ1v) is 8.70. The van der Waals surface area contributed by atoms with Gasteiger partial charge in [-0.25, -0.2) is 0 Å². The third-order valence-electron chi connectivity index (χ3n) is 4.45. The summed E-state index contributed by atoms with van der Waals surface area (Å²) in [6.07, 6.45) is 0.931. The zero-order chi connectivity index (χ0) is 17.8. The summed E-state index contributed by atoms with van der Waals surface area (Å²) >= 11 is 0. The monoisotopic (exact) mass is 348 g/mol. The predicted molar refractivity (Wildman–Crippen MR) is 98.3 cm³/mol. The SMILES string of the molecule is O=C(Cn1nnc(-c2ccccc2)n1)N1CC[C@@H](Nc2ccccc2)C1. The third-order valence-corrected chi connectivity index (χ3v) is 4.45. The second kappa shape index (κ2) is 7.35. The number of rotatable bonds is 5. The number of likely N-dealkylation sites (tertiary alicyclic amines) is 1. The average molecular weight is 348 g/mol. The van der Waals surface area contributed by atoms with Gasteiger partial charge in [-0.05, 0) is 23.8 Å². The van der Waals surface area contributed by atoms with Gasteiger partial charge in [-0.15, -0.1) is 10.2 Å². The summed E-state index contributed by atoms with van der Waals surface area (Å²) < 4.78 is 0. The van der Waals surface area contributed by atoms with E-state index in [1.165, 1.54) is 4.80 Å². The molecule has 1 aromatic heterocycles. The Hall–Kier alpha value is -3.22. The summed E-state index contributed by atoms with van der Waals surface area (Å²) in [6, 6.07) is 20.0. The number of para-hydroxylation sites is 1. The van der Waals surface area contributed by atoms with Gasteiger partial charge in [0.15, 0.2) is 0 Å². The number of nitrogens with zero attached hydrogens (tertiary/aromatic N) is 5. The first-order valence-electron chi connectivity index (χ1n) is 8.70. The van der Waals surface area contributed by atoms with Crippen LogP contribution in [0.25, 0.3) is 11.4 Å². The summed E-state index contributed by atoms with van der Waals surface area (Å²) in [6.45, 7) is 1.54. The molecule has 4 rings (SSSR count). The van der Waals surface area contributed by atoms with Crippen LogP contribution >= 0.6 is 0 Å². The van der Waals surface area contributed by atoms with Crippen molar-refractivity contribution >= 4 is 11.6 Å². The van der Waals surface area contributed by atoms with Gasteiger partial charge in [0.25, 0.3) is 0 Å². The van der Waals surface area contributed by atoms with Gasteiger partial charge in [0.1, 0.15) is 6.54 Å². The third kappa shape index (κ3) is 3.72. The predicted octanol–water partition coefficient (Wildman–Crippen LogP) is 2.05. The normalized spacial score (nSPS) is 16.6. The Morgan fingerprint density at radius 3 is 2.58 bits per heavy atom. The van der Waals surface area contributed by atoms with Crippen LogP contribution in [0.1, 0.15) is 6.42 Å². The minimum Gasteiger partial charge on any atom is -0.380 e. The van der Waals surface area contributed by atoms with Crippen LogP contribution in [0.5, 0.6) is 0 Å². The summed E-state index contributed by atoms with van der Waals surface area (Å²) in [5.41, 5.74) is 1.97. The Morgan fingerprint density at radius 2 is 1.81 bits per heavy atom. The smallest absolute Gasteiger partial charge is 0.246 e. The highest BCUT2D eigenvalue weighted by molar-refractivity contribution is 5.76. The van der Waals surface area contributed by atoms with E-state index in [0.29, 0.717) is 12.4 Å². The molecule has 0 spiro atoms. The number of benzene rings is 2. The number of aromatic nitrogens is 4. The molecule has 0 aliphatic carbocycles. The molecule has 1 amide bonds. The molecule has 1 N–H and O–H groups in total. The van der Waals surface area contributed by atoms with E-state index < -0.39 is 0 Å². The molecule has 0 radical (unpaired) electrons. The maximum atomic E-state index is 12.5. The fraction of sp³-hybridized carbons (Fsp3) is 0.263. The number of tetrazole rings is 1. The Labute approximate surface area is 151 Å². The minimum absolute atomic E-state index is 0.0133. The molecule has 26 heavy (non-hydrogen) atoms. The van der Waals surface area contributed by atoms with E-state index >= 15 is 0 Å². The lowest BCUT2D eigenvalue weighted by Gasteiger charge is -2.17.